The van der Waals surface area contributed by atoms with Crippen LogP contribution in [0.25, 0.3) is 0 Å². The maximum atomic E-state index is 13.6. The standard InChI is InChI=1S/C25H33Cl2N3O4S/c1-5-18(3)28-25(32)22(6-2)29(15-14-19-10-8-7-9-11-19)24(31)17-30(35(4,33)34)23-16-20(26)12-13-21(23)27/h7-13,16,18,22H,5-6,14-15,17H2,1-4H3,(H,28,32)/t18-,22+/m1/s1. The predicted octanol–water partition coefficient (Wildman–Crippen LogP) is 4.52. The van der Waals surface area contributed by atoms with Gasteiger partial charge in [-0.25, -0.2) is 8.42 Å². The Morgan fingerprint density at radius 2 is 1.69 bits per heavy atom. The first-order valence-electron chi connectivity index (χ1n) is 11.5. The Morgan fingerprint density at radius 3 is 2.26 bits per heavy atom. The fraction of sp³-hybridized carbons (Fsp3) is 0.440. The zero-order valence-electron chi connectivity index (χ0n) is 20.5. The van der Waals surface area contributed by atoms with Gasteiger partial charge in [0.15, 0.2) is 0 Å². The first kappa shape index (κ1) is 28.9. The third-order valence-corrected chi connectivity index (χ3v) is 7.41. The van der Waals surface area contributed by atoms with Crippen LogP contribution in [0.15, 0.2) is 48.5 Å². The molecule has 10 heteroatoms. The number of nitrogens with zero attached hydrogens (tertiary/aromatic N) is 2. The van der Waals surface area contributed by atoms with Crippen molar-refractivity contribution in [3.63, 3.8) is 0 Å². The molecule has 0 radical (unpaired) electrons. The van der Waals surface area contributed by atoms with E-state index < -0.39 is 28.5 Å². The molecule has 0 saturated carbocycles. The summed E-state index contributed by atoms with van der Waals surface area (Å²) >= 11 is 12.3. The summed E-state index contributed by atoms with van der Waals surface area (Å²) in [5.41, 5.74) is 1.11. The second kappa shape index (κ2) is 13.1. The largest absolute Gasteiger partial charge is 0.352 e. The van der Waals surface area contributed by atoms with Crippen LogP contribution >= 0.6 is 23.2 Å². The highest BCUT2D eigenvalue weighted by Gasteiger charge is 2.32. The molecule has 0 aromatic heterocycles. The zero-order valence-corrected chi connectivity index (χ0v) is 22.8. The van der Waals surface area contributed by atoms with Gasteiger partial charge in [0.05, 0.1) is 17.0 Å². The van der Waals surface area contributed by atoms with Crippen LogP contribution in [0.1, 0.15) is 39.2 Å². The number of amides is 2. The second-order valence-corrected chi connectivity index (χ2v) is 11.2. The summed E-state index contributed by atoms with van der Waals surface area (Å²) in [6, 6.07) is 13.2. The molecule has 0 fully saturated rings. The van der Waals surface area contributed by atoms with Crippen LogP contribution in [0, 0.1) is 0 Å². The molecule has 0 aliphatic carbocycles. The highest BCUT2D eigenvalue weighted by molar-refractivity contribution is 7.92. The lowest BCUT2D eigenvalue weighted by molar-refractivity contribution is -0.139. The highest BCUT2D eigenvalue weighted by Crippen LogP contribution is 2.30. The lowest BCUT2D eigenvalue weighted by Crippen LogP contribution is -2.54. The third kappa shape index (κ3) is 8.40. The van der Waals surface area contributed by atoms with Gasteiger partial charge in [0.1, 0.15) is 12.6 Å². The lowest BCUT2D eigenvalue weighted by Gasteiger charge is -2.33. The number of halogens is 2. The van der Waals surface area contributed by atoms with E-state index in [1.54, 1.807) is 0 Å². The van der Waals surface area contributed by atoms with Gasteiger partial charge >= 0.3 is 0 Å². The Bertz CT molecular complexity index is 1110. The van der Waals surface area contributed by atoms with E-state index in [9.17, 15) is 18.0 Å². The molecule has 1 N–H and O–H groups in total. The van der Waals surface area contributed by atoms with E-state index in [0.29, 0.717) is 12.8 Å². The Labute approximate surface area is 218 Å². The number of rotatable bonds is 12. The van der Waals surface area contributed by atoms with Gasteiger partial charge in [-0.05, 0) is 49.9 Å². The lowest BCUT2D eigenvalue weighted by atomic mass is 10.1. The van der Waals surface area contributed by atoms with Crippen LogP contribution in [0.3, 0.4) is 0 Å². The molecule has 2 atom stereocenters. The molecule has 0 aliphatic heterocycles. The van der Waals surface area contributed by atoms with Gasteiger partial charge in [-0.15, -0.1) is 0 Å². The average Bonchev–Trinajstić information content (AvgIpc) is 2.81. The molecule has 2 aromatic carbocycles. The van der Waals surface area contributed by atoms with Crippen LogP contribution in [-0.4, -0.2) is 56.6 Å². The number of nitrogens with one attached hydrogen (secondary N) is 1. The van der Waals surface area contributed by atoms with Gasteiger partial charge < -0.3 is 10.2 Å². The van der Waals surface area contributed by atoms with Crippen LogP contribution in [0.2, 0.25) is 10.0 Å². The van der Waals surface area contributed by atoms with Crippen molar-refractivity contribution in [1.29, 1.82) is 0 Å². The second-order valence-electron chi connectivity index (χ2n) is 8.43. The summed E-state index contributed by atoms with van der Waals surface area (Å²) in [5, 5.41) is 3.37. The minimum absolute atomic E-state index is 0.0552. The summed E-state index contributed by atoms with van der Waals surface area (Å²) in [6.45, 7) is 5.42. The van der Waals surface area contributed by atoms with E-state index in [0.717, 1.165) is 22.5 Å². The molecule has 35 heavy (non-hydrogen) atoms. The molecule has 192 valence electrons. The van der Waals surface area contributed by atoms with E-state index in [-0.39, 0.29) is 34.2 Å². The fourth-order valence-electron chi connectivity index (χ4n) is 3.61. The minimum Gasteiger partial charge on any atom is -0.352 e. The van der Waals surface area contributed by atoms with E-state index in [1.165, 1.54) is 23.1 Å². The quantitative estimate of drug-likeness (QED) is 0.427. The fourth-order valence-corrected chi connectivity index (χ4v) is 4.90. The molecule has 2 amide bonds. The van der Waals surface area contributed by atoms with E-state index >= 15 is 0 Å². The van der Waals surface area contributed by atoms with Crippen molar-refractivity contribution >= 4 is 50.7 Å². The molecular formula is C25H33Cl2N3O4S. The van der Waals surface area contributed by atoms with Gasteiger partial charge in [0, 0.05) is 17.6 Å². The van der Waals surface area contributed by atoms with Crippen molar-refractivity contribution < 1.29 is 18.0 Å². The van der Waals surface area contributed by atoms with Crippen LogP contribution in [0.5, 0.6) is 0 Å². The molecular weight excluding hydrogens is 509 g/mol. The SMILES string of the molecule is CC[C@@H](C)NC(=O)[C@H](CC)N(CCc1ccccc1)C(=O)CN(c1cc(Cl)ccc1Cl)S(C)(=O)=O. The predicted molar refractivity (Wildman–Crippen MR) is 142 cm³/mol. The van der Waals surface area contributed by atoms with Gasteiger partial charge in [0.2, 0.25) is 21.8 Å². The molecule has 0 aliphatic rings. The Morgan fingerprint density at radius 1 is 1.03 bits per heavy atom. The maximum absolute atomic E-state index is 13.6. The van der Waals surface area contributed by atoms with Crippen molar-refractivity contribution in [3.8, 4) is 0 Å². The van der Waals surface area contributed by atoms with Crippen molar-refractivity contribution in [2.45, 2.75) is 52.1 Å². The monoisotopic (exact) mass is 541 g/mol. The third-order valence-electron chi connectivity index (χ3n) is 5.73. The molecule has 0 saturated heterocycles. The highest BCUT2D eigenvalue weighted by atomic mass is 35.5. The van der Waals surface area contributed by atoms with Crippen molar-refractivity contribution in [2.24, 2.45) is 0 Å². The van der Waals surface area contributed by atoms with Gasteiger partial charge in [-0.3, -0.25) is 13.9 Å². The smallest absolute Gasteiger partial charge is 0.244 e. The van der Waals surface area contributed by atoms with Crippen LogP contribution in [-0.2, 0) is 26.0 Å². The summed E-state index contributed by atoms with van der Waals surface area (Å²) in [7, 11) is -3.89. The van der Waals surface area contributed by atoms with Crippen molar-refractivity contribution in [3.05, 3.63) is 64.1 Å². The number of carbonyl (C=O) groups excluding carboxylic acids is 2. The first-order valence-corrected chi connectivity index (χ1v) is 14.1. The molecule has 2 rings (SSSR count). The van der Waals surface area contributed by atoms with E-state index in [4.69, 9.17) is 23.2 Å². The zero-order chi connectivity index (χ0) is 26.2. The topological polar surface area (TPSA) is 86.8 Å². The van der Waals surface area contributed by atoms with Gasteiger partial charge in [-0.1, -0.05) is 67.4 Å². The Kier molecular flexibility index (Phi) is 10.9. The number of anilines is 1. The minimum atomic E-state index is -3.89. The number of hydrogen-bond donors (Lipinski definition) is 1. The number of sulfonamides is 1. The molecule has 2 aromatic rings. The number of carbonyl (C=O) groups is 2. The molecule has 7 nitrogen and oxygen atoms in total. The molecule has 0 spiro atoms. The molecule has 0 heterocycles. The Balaban J connectivity index is 2.40. The first-order chi connectivity index (χ1) is 16.5. The van der Waals surface area contributed by atoms with Crippen LogP contribution < -0.4 is 9.62 Å². The van der Waals surface area contributed by atoms with Crippen molar-refractivity contribution in [1.82, 2.24) is 10.2 Å². The number of benzene rings is 2. The normalized spacial score (nSPS) is 13.1. The Hall–Kier alpha value is -2.29. The summed E-state index contributed by atoms with van der Waals surface area (Å²) in [6.07, 6.45) is 2.63. The van der Waals surface area contributed by atoms with Gasteiger partial charge in [-0.2, -0.15) is 0 Å². The van der Waals surface area contributed by atoms with E-state index in [1.807, 2.05) is 51.1 Å². The number of hydrogen-bond acceptors (Lipinski definition) is 4. The van der Waals surface area contributed by atoms with Crippen molar-refractivity contribution in [2.75, 3.05) is 23.7 Å². The summed E-state index contributed by atoms with van der Waals surface area (Å²) in [5.74, 6) is -0.775. The summed E-state index contributed by atoms with van der Waals surface area (Å²) < 4.78 is 26.3. The van der Waals surface area contributed by atoms with Gasteiger partial charge in [0.25, 0.3) is 0 Å². The molecule has 0 bridgehead atoms. The average molecular weight is 543 g/mol. The summed E-state index contributed by atoms with van der Waals surface area (Å²) in [4.78, 5) is 28.2. The molecule has 0 unspecified atom stereocenters. The van der Waals surface area contributed by atoms with Crippen LogP contribution in [0.4, 0.5) is 5.69 Å². The van der Waals surface area contributed by atoms with E-state index in [2.05, 4.69) is 5.32 Å². The maximum Gasteiger partial charge on any atom is 0.244 e.